The summed E-state index contributed by atoms with van der Waals surface area (Å²) in [5.41, 5.74) is -1.84. The van der Waals surface area contributed by atoms with Gasteiger partial charge in [-0.15, -0.1) is 3.89 Å². The van der Waals surface area contributed by atoms with Crippen molar-refractivity contribution in [2.75, 3.05) is 26.2 Å². The number of likely N-dealkylation sites (tertiary alicyclic amines) is 2. The van der Waals surface area contributed by atoms with Crippen LogP contribution in [-0.4, -0.2) is 78.0 Å². The topological polar surface area (TPSA) is 104 Å². The first-order valence-electron chi connectivity index (χ1n) is 8.21. The summed E-state index contributed by atoms with van der Waals surface area (Å²) in [4.78, 5) is 26.6. The molecule has 0 saturated carbocycles. The summed E-state index contributed by atoms with van der Waals surface area (Å²) < 4.78 is 40.3. The Hall–Kier alpha value is -1.42. The molecule has 1 unspecified atom stereocenters. The number of ether oxygens (including phenoxy) is 1. The lowest BCUT2D eigenvalue weighted by molar-refractivity contribution is -0.132. The van der Waals surface area contributed by atoms with Crippen LogP contribution in [0.5, 0.6) is 0 Å². The van der Waals surface area contributed by atoms with E-state index in [2.05, 4.69) is 0 Å². The van der Waals surface area contributed by atoms with Gasteiger partial charge in [-0.25, -0.2) is 4.79 Å². The number of hydrogen-bond donors (Lipinski definition) is 1. The van der Waals surface area contributed by atoms with E-state index in [1.54, 1.807) is 20.8 Å². The first kappa shape index (κ1) is 19.9. The fourth-order valence-corrected chi connectivity index (χ4v) is 3.72. The Labute approximate surface area is 147 Å². The van der Waals surface area contributed by atoms with Crippen molar-refractivity contribution in [3.63, 3.8) is 0 Å². The molecule has 10 heteroatoms. The molecule has 25 heavy (non-hydrogen) atoms. The Morgan fingerprint density at radius 3 is 2.36 bits per heavy atom. The van der Waals surface area contributed by atoms with Gasteiger partial charge in [0.05, 0.1) is 5.60 Å². The number of carbonyl (C=O) groups is 2. The highest BCUT2D eigenvalue weighted by Crippen LogP contribution is 2.28. The number of halogens is 1. The van der Waals surface area contributed by atoms with Gasteiger partial charge < -0.3 is 19.6 Å². The van der Waals surface area contributed by atoms with Crippen LogP contribution >= 0.6 is 0 Å². The molecular weight excluding hydrogens is 355 g/mol. The van der Waals surface area contributed by atoms with Gasteiger partial charge >= 0.3 is 16.3 Å². The standard InChI is InChI=1S/C15H25FN2O6S/c1-14(2,3)24-13(20)17-6-4-15(21,5-7-17)10-18-9-11(8-12(18)19)25(16,22)23/h11,21H,4-10H2,1-3H3. The number of hydrogen-bond acceptors (Lipinski definition) is 6. The summed E-state index contributed by atoms with van der Waals surface area (Å²) in [5, 5.41) is 9.28. The molecule has 2 fully saturated rings. The monoisotopic (exact) mass is 380 g/mol. The summed E-state index contributed by atoms with van der Waals surface area (Å²) in [7, 11) is -4.78. The minimum atomic E-state index is -4.78. The minimum Gasteiger partial charge on any atom is -0.444 e. The molecule has 2 amide bonds. The molecule has 0 radical (unpaired) electrons. The lowest BCUT2D eigenvalue weighted by Crippen LogP contribution is -2.53. The molecular formula is C15H25FN2O6S. The van der Waals surface area contributed by atoms with E-state index in [1.165, 1.54) is 9.80 Å². The molecule has 0 aromatic rings. The molecule has 2 heterocycles. The van der Waals surface area contributed by atoms with Crippen molar-refractivity contribution in [1.29, 1.82) is 0 Å². The Kier molecular flexibility index (Phi) is 5.34. The number of β-amino-alcohol motifs (C(OH)–C–C–N with tert-alkyl or cyclic N) is 1. The molecule has 2 rings (SSSR count). The zero-order valence-electron chi connectivity index (χ0n) is 14.7. The first-order chi connectivity index (χ1) is 11.3. The summed E-state index contributed by atoms with van der Waals surface area (Å²) in [5.74, 6) is -0.491. The largest absolute Gasteiger partial charge is 0.444 e. The number of rotatable bonds is 3. The number of aliphatic hydroxyl groups is 1. The van der Waals surface area contributed by atoms with Gasteiger partial charge in [-0.3, -0.25) is 4.79 Å². The first-order valence-corrected chi connectivity index (χ1v) is 9.65. The van der Waals surface area contributed by atoms with Gasteiger partial charge in [0.2, 0.25) is 5.91 Å². The van der Waals surface area contributed by atoms with E-state index in [1.807, 2.05) is 0 Å². The third-order valence-corrected chi connectivity index (χ3v) is 5.52. The normalized spacial score (nSPS) is 24.5. The summed E-state index contributed by atoms with van der Waals surface area (Å²) in [6.45, 7) is 5.49. The molecule has 0 spiro atoms. The molecule has 1 atom stereocenters. The maximum absolute atomic E-state index is 13.1. The second kappa shape index (κ2) is 6.71. The van der Waals surface area contributed by atoms with Crippen LogP contribution in [0, 0.1) is 0 Å². The van der Waals surface area contributed by atoms with E-state index >= 15 is 0 Å². The van der Waals surface area contributed by atoms with Crippen LogP contribution in [0.4, 0.5) is 8.68 Å². The van der Waals surface area contributed by atoms with Gasteiger partial charge in [0, 0.05) is 32.6 Å². The molecule has 8 nitrogen and oxygen atoms in total. The van der Waals surface area contributed by atoms with Gasteiger partial charge in [-0.1, -0.05) is 0 Å². The van der Waals surface area contributed by atoms with Crippen molar-refractivity contribution in [3.05, 3.63) is 0 Å². The molecule has 1 N–H and O–H groups in total. The lowest BCUT2D eigenvalue weighted by atomic mass is 9.91. The number of carbonyl (C=O) groups excluding carboxylic acids is 2. The molecule has 144 valence electrons. The number of piperidine rings is 1. The van der Waals surface area contributed by atoms with Crippen LogP contribution in [0.2, 0.25) is 0 Å². The van der Waals surface area contributed by atoms with E-state index in [4.69, 9.17) is 4.74 Å². The molecule has 0 aliphatic carbocycles. The Morgan fingerprint density at radius 1 is 1.36 bits per heavy atom. The summed E-state index contributed by atoms with van der Waals surface area (Å²) in [6.07, 6.45) is -0.416. The molecule has 2 aliphatic heterocycles. The van der Waals surface area contributed by atoms with Crippen molar-refractivity contribution in [1.82, 2.24) is 9.80 Å². The van der Waals surface area contributed by atoms with Gasteiger partial charge in [0.1, 0.15) is 10.9 Å². The number of nitrogens with zero attached hydrogens (tertiary/aromatic N) is 2. The molecule has 2 aliphatic rings. The van der Waals surface area contributed by atoms with E-state index < -0.39 is 45.1 Å². The third kappa shape index (κ3) is 5.27. The third-order valence-electron chi connectivity index (χ3n) is 4.41. The van der Waals surface area contributed by atoms with Crippen LogP contribution < -0.4 is 0 Å². The van der Waals surface area contributed by atoms with Crippen molar-refractivity contribution in [2.45, 2.75) is 56.5 Å². The van der Waals surface area contributed by atoms with Gasteiger partial charge in [-0.05, 0) is 33.6 Å². The fourth-order valence-electron chi connectivity index (χ4n) is 3.02. The van der Waals surface area contributed by atoms with Crippen LogP contribution in [0.25, 0.3) is 0 Å². The van der Waals surface area contributed by atoms with Crippen LogP contribution in [0.3, 0.4) is 0 Å². The fraction of sp³-hybridized carbons (Fsp3) is 0.867. The molecule has 0 bridgehead atoms. The quantitative estimate of drug-likeness (QED) is 0.721. The minimum absolute atomic E-state index is 0.0694. The average molecular weight is 380 g/mol. The molecule has 0 aromatic heterocycles. The van der Waals surface area contributed by atoms with Gasteiger partial charge in [0.25, 0.3) is 0 Å². The van der Waals surface area contributed by atoms with Crippen LogP contribution in [0.15, 0.2) is 0 Å². The highest BCUT2D eigenvalue weighted by Gasteiger charge is 2.43. The van der Waals surface area contributed by atoms with Crippen LogP contribution in [-0.2, 0) is 19.8 Å². The highest BCUT2D eigenvalue weighted by molar-refractivity contribution is 7.87. The average Bonchev–Trinajstić information content (AvgIpc) is 2.78. The predicted octanol–water partition coefficient (Wildman–Crippen LogP) is 0.649. The Bertz CT molecular complexity index is 637. The second-order valence-electron chi connectivity index (χ2n) is 7.77. The van der Waals surface area contributed by atoms with E-state index in [-0.39, 0.29) is 39.0 Å². The Morgan fingerprint density at radius 2 is 1.92 bits per heavy atom. The van der Waals surface area contributed by atoms with Gasteiger partial charge in [0.15, 0.2) is 0 Å². The second-order valence-corrected chi connectivity index (χ2v) is 9.39. The van der Waals surface area contributed by atoms with Crippen LogP contribution in [0.1, 0.15) is 40.0 Å². The predicted molar refractivity (Wildman–Crippen MR) is 87.0 cm³/mol. The van der Waals surface area contributed by atoms with E-state index in [0.717, 1.165) is 0 Å². The smallest absolute Gasteiger partial charge is 0.410 e. The zero-order valence-corrected chi connectivity index (χ0v) is 15.5. The SMILES string of the molecule is CC(C)(C)OC(=O)N1CCC(O)(CN2CC(S(=O)(=O)F)CC2=O)CC1. The molecule has 2 saturated heterocycles. The maximum Gasteiger partial charge on any atom is 0.410 e. The lowest BCUT2D eigenvalue weighted by Gasteiger charge is -2.40. The van der Waals surface area contributed by atoms with E-state index in [0.29, 0.717) is 0 Å². The number of amides is 2. The van der Waals surface area contributed by atoms with Crippen molar-refractivity contribution in [2.24, 2.45) is 0 Å². The maximum atomic E-state index is 13.1. The van der Waals surface area contributed by atoms with E-state index in [9.17, 15) is 27.0 Å². The summed E-state index contributed by atoms with van der Waals surface area (Å²) >= 11 is 0. The Balaban J connectivity index is 1.91. The summed E-state index contributed by atoms with van der Waals surface area (Å²) in [6, 6.07) is 0. The van der Waals surface area contributed by atoms with Crippen molar-refractivity contribution in [3.8, 4) is 0 Å². The van der Waals surface area contributed by atoms with Crippen molar-refractivity contribution < 1.29 is 31.7 Å². The van der Waals surface area contributed by atoms with Gasteiger partial charge in [-0.2, -0.15) is 8.42 Å². The highest BCUT2D eigenvalue weighted by atomic mass is 32.3. The van der Waals surface area contributed by atoms with Crippen molar-refractivity contribution >= 4 is 22.2 Å². The zero-order chi connectivity index (χ0) is 19.0. The molecule has 0 aromatic carbocycles.